The zero-order valence-electron chi connectivity index (χ0n) is 12.5. The number of aryl methyl sites for hydroxylation is 2. The number of rotatable bonds is 4. The lowest BCUT2D eigenvalue weighted by atomic mass is 10.2. The van der Waals surface area contributed by atoms with Gasteiger partial charge in [0.1, 0.15) is 5.69 Å². The van der Waals surface area contributed by atoms with E-state index in [1.54, 1.807) is 26.1 Å². The van der Waals surface area contributed by atoms with Crippen molar-refractivity contribution in [2.45, 2.75) is 6.92 Å². The van der Waals surface area contributed by atoms with Crippen molar-refractivity contribution >= 4 is 21.7 Å². The molecule has 0 aromatic carbocycles. The number of hydrogen-bond donors (Lipinski definition) is 1. The SMILES string of the molecule is COC(=O)c1c(-c2ccc(NS(C)(=O)=O)c(C)n2)nnn1C. The summed E-state index contributed by atoms with van der Waals surface area (Å²) in [5, 5.41) is 7.70. The molecular weight excluding hydrogens is 310 g/mol. The van der Waals surface area contributed by atoms with Crippen molar-refractivity contribution in [2.75, 3.05) is 18.1 Å². The van der Waals surface area contributed by atoms with E-state index in [9.17, 15) is 13.2 Å². The summed E-state index contributed by atoms with van der Waals surface area (Å²) >= 11 is 0. The number of nitrogens with one attached hydrogen (secondary N) is 1. The number of sulfonamides is 1. The zero-order valence-corrected chi connectivity index (χ0v) is 13.3. The van der Waals surface area contributed by atoms with E-state index in [4.69, 9.17) is 4.74 Å². The molecule has 0 saturated heterocycles. The molecule has 0 atom stereocenters. The Morgan fingerprint density at radius 2 is 2.05 bits per heavy atom. The number of anilines is 1. The molecule has 0 aliphatic carbocycles. The van der Waals surface area contributed by atoms with Crippen LogP contribution in [0.1, 0.15) is 16.2 Å². The van der Waals surface area contributed by atoms with Crippen LogP contribution in [-0.2, 0) is 21.8 Å². The standard InChI is InChI=1S/C12H15N5O4S/c1-7-8(15-22(4,19)20)5-6-9(13-7)10-11(12(18)21-3)17(2)16-14-10/h5-6,15H,1-4H3. The molecule has 1 N–H and O–H groups in total. The largest absolute Gasteiger partial charge is 0.464 e. The quantitative estimate of drug-likeness (QED) is 0.806. The fraction of sp³-hybridized carbons (Fsp3) is 0.333. The summed E-state index contributed by atoms with van der Waals surface area (Å²) in [7, 11) is -0.569. The molecule has 2 rings (SSSR count). The van der Waals surface area contributed by atoms with Gasteiger partial charge in [-0.05, 0) is 19.1 Å². The third kappa shape index (κ3) is 3.22. The van der Waals surface area contributed by atoms with E-state index in [0.29, 0.717) is 17.1 Å². The number of carbonyl (C=O) groups excluding carboxylic acids is 1. The summed E-state index contributed by atoms with van der Waals surface area (Å²) in [4.78, 5) is 16.1. The highest BCUT2D eigenvalue weighted by Gasteiger charge is 2.22. The summed E-state index contributed by atoms with van der Waals surface area (Å²) in [6, 6.07) is 3.10. The van der Waals surface area contributed by atoms with Crippen LogP contribution in [0.15, 0.2) is 12.1 Å². The predicted octanol–water partition coefficient (Wildman–Crippen LogP) is 0.344. The van der Waals surface area contributed by atoms with Crippen molar-refractivity contribution < 1.29 is 17.9 Å². The van der Waals surface area contributed by atoms with Crippen LogP contribution in [-0.4, -0.2) is 47.7 Å². The number of pyridine rings is 1. The van der Waals surface area contributed by atoms with Crippen molar-refractivity contribution in [3.8, 4) is 11.4 Å². The van der Waals surface area contributed by atoms with E-state index in [2.05, 4.69) is 20.0 Å². The van der Waals surface area contributed by atoms with Gasteiger partial charge in [-0.25, -0.2) is 22.9 Å². The molecule has 9 nitrogen and oxygen atoms in total. The van der Waals surface area contributed by atoms with Gasteiger partial charge in [0.05, 0.1) is 30.4 Å². The average Bonchev–Trinajstić information content (AvgIpc) is 2.80. The minimum Gasteiger partial charge on any atom is -0.464 e. The molecule has 0 saturated carbocycles. The fourth-order valence-electron chi connectivity index (χ4n) is 1.86. The summed E-state index contributed by atoms with van der Waals surface area (Å²) in [5.74, 6) is -0.583. The number of aromatic nitrogens is 4. The molecule has 10 heteroatoms. The van der Waals surface area contributed by atoms with Gasteiger partial charge in [-0.3, -0.25) is 4.72 Å². The van der Waals surface area contributed by atoms with E-state index in [-0.39, 0.29) is 11.4 Å². The Balaban J connectivity index is 2.48. The summed E-state index contributed by atoms with van der Waals surface area (Å²) in [6.45, 7) is 1.64. The Kier molecular flexibility index (Phi) is 4.13. The van der Waals surface area contributed by atoms with Crippen molar-refractivity contribution in [3.05, 3.63) is 23.5 Å². The van der Waals surface area contributed by atoms with Crippen LogP contribution in [0.3, 0.4) is 0 Å². The fourth-order valence-corrected chi connectivity index (χ4v) is 2.47. The Morgan fingerprint density at radius 1 is 1.36 bits per heavy atom. The molecule has 2 heterocycles. The number of methoxy groups -OCH3 is 1. The Morgan fingerprint density at radius 3 is 2.59 bits per heavy atom. The van der Waals surface area contributed by atoms with E-state index >= 15 is 0 Å². The molecule has 0 amide bonds. The van der Waals surface area contributed by atoms with E-state index in [1.165, 1.54) is 11.8 Å². The molecule has 0 spiro atoms. The summed E-state index contributed by atoms with van der Waals surface area (Å²) in [6.07, 6.45) is 1.05. The second-order valence-electron chi connectivity index (χ2n) is 4.61. The molecule has 0 aliphatic rings. The average molecular weight is 325 g/mol. The molecule has 0 radical (unpaired) electrons. The molecule has 0 aliphatic heterocycles. The first-order valence-electron chi connectivity index (χ1n) is 6.16. The summed E-state index contributed by atoms with van der Waals surface area (Å²) < 4.78 is 30.9. The van der Waals surface area contributed by atoms with Gasteiger partial charge in [0, 0.05) is 7.05 Å². The second kappa shape index (κ2) is 5.72. The van der Waals surface area contributed by atoms with E-state index < -0.39 is 16.0 Å². The third-order valence-corrected chi connectivity index (χ3v) is 3.42. The van der Waals surface area contributed by atoms with Crippen molar-refractivity contribution in [1.82, 2.24) is 20.0 Å². The number of carbonyl (C=O) groups is 1. The third-order valence-electron chi connectivity index (χ3n) is 2.83. The minimum absolute atomic E-state index is 0.165. The zero-order chi connectivity index (χ0) is 16.5. The molecule has 0 unspecified atom stereocenters. The van der Waals surface area contributed by atoms with Gasteiger partial charge in [-0.2, -0.15) is 0 Å². The summed E-state index contributed by atoms with van der Waals surface area (Å²) in [5.41, 5.74) is 1.63. The maximum absolute atomic E-state index is 11.8. The molecule has 2 aromatic rings. The lowest BCUT2D eigenvalue weighted by molar-refractivity contribution is 0.0589. The first kappa shape index (κ1) is 15.9. The normalized spacial score (nSPS) is 11.3. The first-order chi connectivity index (χ1) is 10.2. The highest BCUT2D eigenvalue weighted by Crippen LogP contribution is 2.23. The van der Waals surface area contributed by atoms with Crippen molar-refractivity contribution in [1.29, 1.82) is 0 Å². The van der Waals surface area contributed by atoms with Crippen LogP contribution < -0.4 is 4.72 Å². The predicted molar refractivity (Wildman–Crippen MR) is 78.8 cm³/mol. The van der Waals surface area contributed by atoms with Crippen LogP contribution in [0.2, 0.25) is 0 Å². The van der Waals surface area contributed by atoms with Crippen molar-refractivity contribution in [3.63, 3.8) is 0 Å². The molecule has 0 bridgehead atoms. The number of nitrogens with zero attached hydrogens (tertiary/aromatic N) is 4. The maximum atomic E-state index is 11.8. The van der Waals surface area contributed by atoms with Crippen molar-refractivity contribution in [2.24, 2.45) is 7.05 Å². The molecule has 22 heavy (non-hydrogen) atoms. The van der Waals surface area contributed by atoms with Gasteiger partial charge in [-0.15, -0.1) is 5.10 Å². The topological polar surface area (TPSA) is 116 Å². The Bertz CT molecular complexity index is 828. The van der Waals surface area contributed by atoms with Crippen LogP contribution >= 0.6 is 0 Å². The van der Waals surface area contributed by atoms with Crippen LogP contribution in [0.25, 0.3) is 11.4 Å². The molecule has 2 aromatic heterocycles. The van der Waals surface area contributed by atoms with E-state index in [0.717, 1.165) is 6.26 Å². The van der Waals surface area contributed by atoms with Crippen LogP contribution in [0, 0.1) is 6.92 Å². The van der Waals surface area contributed by atoms with Gasteiger partial charge >= 0.3 is 5.97 Å². The lowest BCUT2D eigenvalue weighted by Crippen LogP contribution is -2.12. The van der Waals surface area contributed by atoms with Crippen LogP contribution in [0.4, 0.5) is 5.69 Å². The Labute approximate surface area is 127 Å². The monoisotopic (exact) mass is 325 g/mol. The first-order valence-corrected chi connectivity index (χ1v) is 8.06. The van der Waals surface area contributed by atoms with Gasteiger partial charge in [0.25, 0.3) is 0 Å². The van der Waals surface area contributed by atoms with E-state index in [1.807, 2.05) is 0 Å². The molecule has 0 fully saturated rings. The maximum Gasteiger partial charge on any atom is 0.358 e. The van der Waals surface area contributed by atoms with Gasteiger partial charge < -0.3 is 4.74 Å². The molecular formula is C12H15N5O4S. The molecule has 118 valence electrons. The number of hydrogen-bond acceptors (Lipinski definition) is 7. The minimum atomic E-state index is -3.39. The highest BCUT2D eigenvalue weighted by atomic mass is 32.2. The number of esters is 1. The van der Waals surface area contributed by atoms with Crippen LogP contribution in [0.5, 0.6) is 0 Å². The Hall–Kier alpha value is -2.49. The smallest absolute Gasteiger partial charge is 0.358 e. The van der Waals surface area contributed by atoms with Gasteiger partial charge in [-0.1, -0.05) is 5.21 Å². The lowest BCUT2D eigenvalue weighted by Gasteiger charge is -2.08. The highest BCUT2D eigenvalue weighted by molar-refractivity contribution is 7.92. The van der Waals surface area contributed by atoms with Gasteiger partial charge in [0.2, 0.25) is 10.0 Å². The van der Waals surface area contributed by atoms with Gasteiger partial charge in [0.15, 0.2) is 5.69 Å². The number of ether oxygens (including phenoxy) is 1. The second-order valence-corrected chi connectivity index (χ2v) is 6.35.